The first-order valence-electron chi connectivity index (χ1n) is 9.78. The highest BCUT2D eigenvalue weighted by Gasteiger charge is 2.30. The van der Waals surface area contributed by atoms with Gasteiger partial charge < -0.3 is 4.74 Å². The highest BCUT2D eigenvalue weighted by molar-refractivity contribution is 7.18. The van der Waals surface area contributed by atoms with Gasteiger partial charge in [-0.1, -0.05) is 11.3 Å². The molecule has 0 unspecified atom stereocenters. The van der Waals surface area contributed by atoms with E-state index in [4.69, 9.17) is 4.74 Å². The van der Waals surface area contributed by atoms with Crippen molar-refractivity contribution in [2.75, 3.05) is 7.11 Å². The van der Waals surface area contributed by atoms with E-state index in [9.17, 15) is 4.79 Å². The van der Waals surface area contributed by atoms with E-state index in [1.54, 1.807) is 37.0 Å². The van der Waals surface area contributed by atoms with E-state index in [2.05, 4.69) is 25.1 Å². The average molecular weight is 420 g/mol. The monoisotopic (exact) mass is 420 g/mol. The lowest BCUT2D eigenvalue weighted by Crippen LogP contribution is -2.11. The van der Waals surface area contributed by atoms with Crippen LogP contribution in [0.2, 0.25) is 0 Å². The number of hydrogen-bond acceptors (Lipinski definition) is 8. The van der Waals surface area contributed by atoms with Gasteiger partial charge in [-0.2, -0.15) is 10.2 Å². The summed E-state index contributed by atoms with van der Waals surface area (Å²) >= 11 is 1.60. The first-order valence-corrected chi connectivity index (χ1v) is 10.6. The number of ketones is 1. The SMILES string of the molecule is COc1cc(CC(=O)Cc2cnc3sc(C)nc3c2C2CC2)cnc1-n1nccn1. The highest BCUT2D eigenvalue weighted by atomic mass is 32.1. The zero-order valence-corrected chi connectivity index (χ0v) is 17.5. The molecule has 30 heavy (non-hydrogen) atoms. The van der Waals surface area contributed by atoms with E-state index in [0.29, 0.717) is 23.9 Å². The van der Waals surface area contributed by atoms with Crippen LogP contribution in [0.1, 0.15) is 40.5 Å². The maximum absolute atomic E-state index is 12.9. The number of fused-ring (bicyclic) bond motifs is 1. The molecular formula is C21H20N6O2S. The Hall–Kier alpha value is -3.20. The lowest BCUT2D eigenvalue weighted by molar-refractivity contribution is -0.117. The number of rotatable bonds is 7. The number of Topliss-reactive ketones (excluding diaryl/α,β-unsaturated/α-hetero) is 1. The molecule has 1 aliphatic carbocycles. The van der Waals surface area contributed by atoms with Gasteiger partial charge in [0.1, 0.15) is 16.1 Å². The lowest BCUT2D eigenvalue weighted by atomic mass is 9.98. The van der Waals surface area contributed by atoms with Crippen molar-refractivity contribution in [3.05, 3.63) is 52.6 Å². The second-order valence-electron chi connectivity index (χ2n) is 7.44. The van der Waals surface area contributed by atoms with Crippen molar-refractivity contribution < 1.29 is 9.53 Å². The zero-order valence-electron chi connectivity index (χ0n) is 16.7. The molecule has 8 nitrogen and oxygen atoms in total. The maximum Gasteiger partial charge on any atom is 0.216 e. The number of thiazole rings is 1. The molecule has 152 valence electrons. The normalized spacial score (nSPS) is 13.7. The maximum atomic E-state index is 12.9. The van der Waals surface area contributed by atoms with E-state index < -0.39 is 0 Å². The summed E-state index contributed by atoms with van der Waals surface area (Å²) in [5.41, 5.74) is 3.98. The zero-order chi connectivity index (χ0) is 20.7. The first kappa shape index (κ1) is 18.8. The lowest BCUT2D eigenvalue weighted by Gasteiger charge is -2.10. The minimum atomic E-state index is 0.110. The van der Waals surface area contributed by atoms with Crippen LogP contribution in [-0.2, 0) is 17.6 Å². The largest absolute Gasteiger partial charge is 0.493 e. The van der Waals surface area contributed by atoms with Crippen molar-refractivity contribution >= 4 is 27.5 Å². The van der Waals surface area contributed by atoms with Crippen molar-refractivity contribution in [2.24, 2.45) is 0 Å². The quantitative estimate of drug-likeness (QED) is 0.453. The Labute approximate surface area is 177 Å². The molecule has 9 heteroatoms. The number of nitrogens with zero attached hydrogens (tertiary/aromatic N) is 6. The second kappa shape index (κ2) is 7.56. The van der Waals surface area contributed by atoms with Gasteiger partial charge in [0.05, 0.1) is 24.5 Å². The summed E-state index contributed by atoms with van der Waals surface area (Å²) in [7, 11) is 1.56. The molecule has 4 aromatic rings. The second-order valence-corrected chi connectivity index (χ2v) is 8.62. The molecule has 0 radical (unpaired) electrons. The summed E-state index contributed by atoms with van der Waals surface area (Å²) in [5.74, 6) is 1.63. The smallest absolute Gasteiger partial charge is 0.216 e. The predicted octanol–water partition coefficient (Wildman–Crippen LogP) is 3.22. The molecular weight excluding hydrogens is 400 g/mol. The Bertz CT molecular complexity index is 1230. The van der Waals surface area contributed by atoms with E-state index in [1.807, 2.05) is 19.2 Å². The summed E-state index contributed by atoms with van der Waals surface area (Å²) < 4.78 is 5.43. The van der Waals surface area contributed by atoms with Gasteiger partial charge in [-0.3, -0.25) is 4.79 Å². The third-order valence-corrected chi connectivity index (χ3v) is 6.03. The van der Waals surface area contributed by atoms with Crippen LogP contribution in [-0.4, -0.2) is 42.8 Å². The van der Waals surface area contributed by atoms with Crippen LogP contribution in [0.15, 0.2) is 30.9 Å². The van der Waals surface area contributed by atoms with Crippen LogP contribution in [0.25, 0.3) is 16.2 Å². The van der Waals surface area contributed by atoms with Crippen molar-refractivity contribution in [3.63, 3.8) is 0 Å². The van der Waals surface area contributed by atoms with Gasteiger partial charge in [0.15, 0.2) is 5.75 Å². The highest BCUT2D eigenvalue weighted by Crippen LogP contribution is 2.45. The fourth-order valence-electron chi connectivity index (χ4n) is 3.71. The average Bonchev–Trinajstić information content (AvgIpc) is 3.27. The van der Waals surface area contributed by atoms with Crippen LogP contribution in [0, 0.1) is 6.92 Å². The van der Waals surface area contributed by atoms with E-state index >= 15 is 0 Å². The molecule has 0 amide bonds. The summed E-state index contributed by atoms with van der Waals surface area (Å²) in [6, 6.07) is 1.82. The number of methoxy groups -OCH3 is 1. The van der Waals surface area contributed by atoms with Crippen LogP contribution in [0.5, 0.6) is 5.75 Å². The van der Waals surface area contributed by atoms with Gasteiger partial charge in [0, 0.05) is 25.2 Å². The Morgan fingerprint density at radius 3 is 2.73 bits per heavy atom. The van der Waals surface area contributed by atoms with Crippen LogP contribution < -0.4 is 4.74 Å². The van der Waals surface area contributed by atoms with Crippen molar-refractivity contribution in [1.29, 1.82) is 0 Å². The van der Waals surface area contributed by atoms with E-state index in [-0.39, 0.29) is 12.2 Å². The van der Waals surface area contributed by atoms with E-state index in [0.717, 1.165) is 39.3 Å². The number of carbonyl (C=O) groups excluding carboxylic acids is 1. The van der Waals surface area contributed by atoms with Crippen molar-refractivity contribution in [3.8, 4) is 11.6 Å². The molecule has 0 atom stereocenters. The molecule has 1 aliphatic rings. The molecule has 0 aromatic carbocycles. The molecule has 0 saturated heterocycles. The molecule has 4 heterocycles. The summed E-state index contributed by atoms with van der Waals surface area (Å²) in [4.78, 5) is 28.9. The third-order valence-electron chi connectivity index (χ3n) is 5.15. The van der Waals surface area contributed by atoms with Crippen molar-refractivity contribution in [2.45, 2.75) is 38.5 Å². The molecule has 0 spiro atoms. The minimum absolute atomic E-state index is 0.110. The topological polar surface area (TPSA) is 95.7 Å². The van der Waals surface area contributed by atoms with Gasteiger partial charge in [-0.15, -0.1) is 4.80 Å². The van der Waals surface area contributed by atoms with Crippen LogP contribution >= 0.6 is 11.3 Å². The predicted molar refractivity (Wildman–Crippen MR) is 112 cm³/mol. The fourth-order valence-corrected chi connectivity index (χ4v) is 4.48. The van der Waals surface area contributed by atoms with E-state index in [1.165, 1.54) is 10.4 Å². The molecule has 0 N–H and O–H groups in total. The molecule has 1 fully saturated rings. The van der Waals surface area contributed by atoms with Crippen LogP contribution in [0.4, 0.5) is 0 Å². The molecule has 4 aromatic heterocycles. The van der Waals surface area contributed by atoms with Gasteiger partial charge in [-0.25, -0.2) is 15.0 Å². The first-order chi connectivity index (χ1) is 14.6. The van der Waals surface area contributed by atoms with Gasteiger partial charge in [0.25, 0.3) is 0 Å². The van der Waals surface area contributed by atoms with Gasteiger partial charge in [0.2, 0.25) is 5.82 Å². The molecule has 0 aliphatic heterocycles. The molecule has 5 rings (SSSR count). The molecule has 1 saturated carbocycles. The number of carbonyl (C=O) groups is 1. The number of ether oxygens (including phenoxy) is 1. The summed E-state index contributed by atoms with van der Waals surface area (Å²) in [6.07, 6.45) is 9.60. The summed E-state index contributed by atoms with van der Waals surface area (Å²) in [5, 5.41) is 9.18. The third kappa shape index (κ3) is 3.56. The summed E-state index contributed by atoms with van der Waals surface area (Å²) in [6.45, 7) is 2.00. The Morgan fingerprint density at radius 1 is 1.20 bits per heavy atom. The van der Waals surface area contributed by atoms with Gasteiger partial charge in [-0.05, 0) is 48.4 Å². The number of hydrogen-bond donors (Lipinski definition) is 0. The number of pyridine rings is 2. The minimum Gasteiger partial charge on any atom is -0.493 e. The molecule has 0 bridgehead atoms. The number of aromatic nitrogens is 6. The Balaban J connectivity index is 1.38. The number of aryl methyl sites for hydroxylation is 1. The standard InChI is InChI=1S/C21H20N6O2S/c1-12-26-19-18(14-3-4-14)15(11-23-21(19)30-12)9-16(28)7-13-8-17(29-2)20(22-10-13)27-24-5-6-25-27/h5-6,8,10-11,14H,3-4,7,9H2,1-2H3. The van der Waals surface area contributed by atoms with Gasteiger partial charge >= 0.3 is 0 Å². The van der Waals surface area contributed by atoms with Crippen molar-refractivity contribution in [1.82, 2.24) is 29.9 Å². The Kier molecular flexibility index (Phi) is 4.74. The Morgan fingerprint density at radius 2 is 2.00 bits per heavy atom. The fraction of sp³-hybridized carbons (Fsp3) is 0.333. The van der Waals surface area contributed by atoms with Crippen LogP contribution in [0.3, 0.4) is 0 Å².